The van der Waals surface area contributed by atoms with Gasteiger partial charge in [-0.3, -0.25) is 9.59 Å². The number of unbranched alkanes of at least 4 members (excludes halogenated alkanes) is 16. The summed E-state index contributed by atoms with van der Waals surface area (Å²) in [5.41, 5.74) is 0. The van der Waals surface area contributed by atoms with Crippen molar-refractivity contribution in [2.45, 2.75) is 142 Å². The van der Waals surface area contributed by atoms with Crippen LogP contribution in [0.2, 0.25) is 0 Å². The Morgan fingerprint density at radius 2 is 0.833 bits per heavy atom. The number of rotatable bonds is 22. The first-order chi connectivity index (χ1) is 20.6. The summed E-state index contributed by atoms with van der Waals surface area (Å²) in [5.74, 6) is 0.307. The van der Waals surface area contributed by atoms with Gasteiger partial charge < -0.3 is 9.47 Å². The summed E-state index contributed by atoms with van der Waals surface area (Å²) in [6, 6.07) is 8.14. The van der Waals surface area contributed by atoms with Gasteiger partial charge in [0, 0.05) is 28.7 Å². The molecule has 2 aromatic rings. The number of carbonyl (C=O) groups excluding carboxylic acids is 2. The molecule has 0 atom stereocenters. The van der Waals surface area contributed by atoms with E-state index in [4.69, 9.17) is 9.47 Å². The first-order valence-electron chi connectivity index (χ1n) is 17.1. The Hall–Kier alpha value is -2.88. The summed E-state index contributed by atoms with van der Waals surface area (Å²) in [5, 5.41) is 6.15. The van der Waals surface area contributed by atoms with Crippen molar-refractivity contribution in [1.82, 2.24) is 0 Å². The molecule has 0 saturated carbocycles. The molecule has 2 aromatic carbocycles. The minimum absolute atomic E-state index is 0.251. The largest absolute Gasteiger partial charge is 0.422 e. The summed E-state index contributed by atoms with van der Waals surface area (Å²) in [4.78, 5) is 26.0. The van der Waals surface area contributed by atoms with Crippen LogP contribution in [0.4, 0.5) is 0 Å². The number of hydrogen-bond acceptors (Lipinski definition) is 4. The number of ether oxygens (including phenoxy) is 2. The Morgan fingerprint density at radius 1 is 0.476 bits per heavy atom. The van der Waals surface area contributed by atoms with Crippen LogP contribution in [-0.4, -0.2) is 11.9 Å². The van der Waals surface area contributed by atoms with Crippen molar-refractivity contribution in [3.8, 4) is 0 Å². The van der Waals surface area contributed by atoms with E-state index in [-0.39, 0.29) is 11.9 Å². The molecule has 0 amide bonds. The van der Waals surface area contributed by atoms with Gasteiger partial charge >= 0.3 is 11.9 Å². The third kappa shape index (κ3) is 8.82. The molecule has 0 heterocycles. The number of hydrogen-bond donors (Lipinski definition) is 0. The van der Waals surface area contributed by atoms with Crippen molar-refractivity contribution in [3.05, 3.63) is 45.1 Å². The minimum Gasteiger partial charge on any atom is -0.422 e. The van der Waals surface area contributed by atoms with Crippen LogP contribution in [0.5, 0.6) is 0 Å². The molecular weight excluding hydrogens is 520 g/mol. The van der Waals surface area contributed by atoms with Crippen LogP contribution in [0.1, 0.15) is 142 Å². The Balaban J connectivity index is 1.34. The van der Waals surface area contributed by atoms with Crippen molar-refractivity contribution >= 4 is 46.4 Å². The number of carbonyl (C=O) groups is 2. The molecule has 0 N–H and O–H groups in total. The fraction of sp³-hybridized carbons (Fsp3) is 0.579. The molecule has 0 aromatic heterocycles. The Kier molecular flexibility index (Phi) is 13.2. The summed E-state index contributed by atoms with van der Waals surface area (Å²) in [7, 11) is 0. The molecule has 0 spiro atoms. The van der Waals surface area contributed by atoms with Gasteiger partial charge in [-0.15, -0.1) is 0 Å². The van der Waals surface area contributed by atoms with Crippen LogP contribution in [0, 0.1) is 0 Å². The van der Waals surface area contributed by atoms with Crippen molar-refractivity contribution < 1.29 is 19.1 Å². The van der Waals surface area contributed by atoms with Gasteiger partial charge in [-0.25, -0.2) is 0 Å². The minimum atomic E-state index is -0.251. The average molecular weight is 573 g/mol. The highest BCUT2D eigenvalue weighted by Gasteiger charge is 2.26. The van der Waals surface area contributed by atoms with E-state index >= 15 is 0 Å². The molecule has 0 saturated heterocycles. The summed E-state index contributed by atoms with van der Waals surface area (Å²) >= 11 is 0. The lowest BCUT2D eigenvalue weighted by atomic mass is 10.1. The van der Waals surface area contributed by atoms with E-state index in [1.54, 1.807) is 0 Å². The second kappa shape index (κ2) is 17.3. The lowest BCUT2D eigenvalue weighted by molar-refractivity contribution is -0.139. The molecule has 2 aliphatic carbocycles. The molecule has 42 heavy (non-hydrogen) atoms. The Labute approximate surface area is 252 Å². The molecule has 0 radical (unpaired) electrons. The predicted molar refractivity (Wildman–Crippen MR) is 174 cm³/mol. The van der Waals surface area contributed by atoms with Crippen molar-refractivity contribution in [2.75, 3.05) is 0 Å². The molecule has 4 rings (SSSR count). The molecule has 228 valence electrons. The van der Waals surface area contributed by atoms with Gasteiger partial charge in [0.15, 0.2) is 11.5 Å². The van der Waals surface area contributed by atoms with Crippen molar-refractivity contribution in [2.24, 2.45) is 0 Å². The van der Waals surface area contributed by atoms with Crippen LogP contribution in [-0.2, 0) is 19.1 Å². The SMILES string of the molecule is CCCCCCCCCCCC(=O)OC1=c2ccc3c4c(ccc(c24)=C1OC(=O)CCCCCCCCCCC)=CC=3. The van der Waals surface area contributed by atoms with Gasteiger partial charge in [0.25, 0.3) is 0 Å². The highest BCUT2D eigenvalue weighted by molar-refractivity contribution is 6.04. The highest BCUT2D eigenvalue weighted by Crippen LogP contribution is 2.23. The second-order valence-corrected chi connectivity index (χ2v) is 12.3. The van der Waals surface area contributed by atoms with Gasteiger partial charge in [0.05, 0.1) is 0 Å². The van der Waals surface area contributed by atoms with E-state index in [1.807, 2.05) is 12.1 Å². The topological polar surface area (TPSA) is 52.6 Å². The first-order valence-corrected chi connectivity index (χ1v) is 17.1. The fourth-order valence-corrected chi connectivity index (χ4v) is 6.32. The van der Waals surface area contributed by atoms with Gasteiger partial charge in [0.2, 0.25) is 0 Å². The molecule has 0 unspecified atom stereocenters. The van der Waals surface area contributed by atoms with E-state index in [9.17, 15) is 9.59 Å². The average Bonchev–Trinajstić information content (AvgIpc) is 3.54. The standard InChI is InChI=1S/C38H52O4/c1-3-5-7-9-11-13-15-17-19-21-33(39)41-37-31-27-25-29-23-24-30-26-28-32(36(31)35(29)30)38(37)42-34(40)22-20-18-16-14-12-10-8-6-4-2/h23-28H,3-22H2,1-2H3. The van der Waals surface area contributed by atoms with Crippen molar-refractivity contribution in [1.29, 1.82) is 0 Å². The monoisotopic (exact) mass is 572 g/mol. The fourth-order valence-electron chi connectivity index (χ4n) is 6.32. The van der Waals surface area contributed by atoms with E-state index in [1.165, 1.54) is 77.0 Å². The van der Waals surface area contributed by atoms with Gasteiger partial charge in [-0.2, -0.15) is 0 Å². The molecular formula is C38H52O4. The Morgan fingerprint density at radius 3 is 1.21 bits per heavy atom. The lowest BCUT2D eigenvalue weighted by Crippen LogP contribution is -2.21. The first kappa shape index (κ1) is 32.0. The van der Waals surface area contributed by atoms with Crippen LogP contribution in [0.15, 0.2) is 24.3 Å². The quantitative estimate of drug-likeness (QED) is 0.108. The number of esters is 2. The van der Waals surface area contributed by atoms with Gasteiger partial charge in [-0.1, -0.05) is 141 Å². The third-order valence-electron chi connectivity index (χ3n) is 8.76. The molecule has 4 heteroatoms. The third-order valence-corrected chi connectivity index (χ3v) is 8.76. The van der Waals surface area contributed by atoms with Crippen LogP contribution in [0.3, 0.4) is 0 Å². The zero-order valence-corrected chi connectivity index (χ0v) is 26.2. The maximum Gasteiger partial charge on any atom is 0.311 e. The lowest BCUT2D eigenvalue weighted by Gasteiger charge is -2.11. The number of benzene rings is 2. The molecule has 0 aliphatic heterocycles. The van der Waals surface area contributed by atoms with Gasteiger partial charge in [-0.05, 0) is 40.8 Å². The maximum absolute atomic E-state index is 13.0. The molecule has 2 aliphatic rings. The highest BCUT2D eigenvalue weighted by atomic mass is 16.6. The predicted octanol–water partition coefficient (Wildman–Crippen LogP) is 7.57. The summed E-state index contributed by atoms with van der Waals surface area (Å²) in [6.45, 7) is 4.49. The van der Waals surface area contributed by atoms with Gasteiger partial charge in [0.1, 0.15) is 0 Å². The maximum atomic E-state index is 13.0. The van der Waals surface area contributed by atoms with Crippen LogP contribution < -0.4 is 20.9 Å². The van der Waals surface area contributed by atoms with Crippen molar-refractivity contribution in [3.63, 3.8) is 0 Å². The second-order valence-electron chi connectivity index (χ2n) is 12.3. The van der Waals surface area contributed by atoms with E-state index in [2.05, 4.69) is 38.1 Å². The summed E-state index contributed by atoms with van der Waals surface area (Å²) in [6.07, 6.45) is 26.6. The molecule has 4 nitrogen and oxygen atoms in total. The smallest absolute Gasteiger partial charge is 0.311 e. The summed E-state index contributed by atoms with van der Waals surface area (Å²) < 4.78 is 12.0. The van der Waals surface area contributed by atoms with E-state index in [0.717, 1.165) is 70.2 Å². The van der Waals surface area contributed by atoms with Crippen LogP contribution >= 0.6 is 0 Å². The zero-order valence-electron chi connectivity index (χ0n) is 26.2. The van der Waals surface area contributed by atoms with E-state index in [0.29, 0.717) is 24.4 Å². The normalized spacial score (nSPS) is 13.0. The van der Waals surface area contributed by atoms with E-state index < -0.39 is 0 Å². The zero-order chi connectivity index (χ0) is 29.6. The van der Waals surface area contributed by atoms with Crippen LogP contribution in [0.25, 0.3) is 34.4 Å². The molecule has 0 bridgehead atoms. The Bertz CT molecular complexity index is 1340. The molecule has 0 fully saturated rings.